The number of carbonyl (C=O) groups is 4. The summed E-state index contributed by atoms with van der Waals surface area (Å²) in [6, 6.07) is 17.0. The number of amides is 3. The maximum atomic E-state index is 13.3. The van der Waals surface area contributed by atoms with Gasteiger partial charge >= 0.3 is 0 Å². The Hall–Kier alpha value is -3.52. The van der Waals surface area contributed by atoms with Crippen molar-refractivity contribution in [2.45, 2.75) is 57.0 Å². The number of nitrogens with one attached hydrogen (secondary N) is 1. The number of rotatable bonds is 9. The van der Waals surface area contributed by atoms with Gasteiger partial charge in [0, 0.05) is 33.0 Å². The summed E-state index contributed by atoms with van der Waals surface area (Å²) in [5.41, 5.74) is 1.74. The number of likely N-dealkylation sites (tertiary alicyclic amines) is 1. The molecule has 2 unspecified atom stereocenters. The molecule has 3 amide bonds. The minimum absolute atomic E-state index is 0.103. The lowest BCUT2D eigenvalue weighted by molar-refractivity contribution is -0.152. The summed E-state index contributed by atoms with van der Waals surface area (Å²) in [6.07, 6.45) is 1.87. The molecule has 2 aliphatic rings. The van der Waals surface area contributed by atoms with Gasteiger partial charge in [0.05, 0.1) is 0 Å². The molecule has 0 radical (unpaired) electrons. The molecular formula is C27H31N3O5. The Morgan fingerprint density at radius 2 is 1.69 bits per heavy atom. The van der Waals surface area contributed by atoms with Gasteiger partial charge in [-0.3, -0.25) is 19.2 Å². The van der Waals surface area contributed by atoms with Gasteiger partial charge in [-0.05, 0) is 30.4 Å². The summed E-state index contributed by atoms with van der Waals surface area (Å²) in [6.45, 7) is 0.864. The van der Waals surface area contributed by atoms with Gasteiger partial charge in [-0.25, -0.2) is 0 Å². The Balaban J connectivity index is 1.50. The fraction of sp³-hybridized carbons (Fsp3) is 0.407. The van der Waals surface area contributed by atoms with Crippen LogP contribution in [0.25, 0.3) is 0 Å². The van der Waals surface area contributed by atoms with E-state index in [1.165, 1.54) is 4.90 Å². The number of hydrogen-bond donors (Lipinski definition) is 1. The highest BCUT2D eigenvalue weighted by Crippen LogP contribution is 2.22. The third kappa shape index (κ3) is 5.95. The molecule has 2 saturated heterocycles. The molecule has 35 heavy (non-hydrogen) atoms. The van der Waals surface area contributed by atoms with Gasteiger partial charge in [0.2, 0.25) is 17.6 Å². The largest absolute Gasteiger partial charge is 0.358 e. The normalized spacial score (nSPS) is 20.5. The van der Waals surface area contributed by atoms with Crippen molar-refractivity contribution in [2.75, 3.05) is 13.7 Å². The molecule has 184 valence electrons. The van der Waals surface area contributed by atoms with Crippen molar-refractivity contribution in [3.05, 3.63) is 71.8 Å². The number of carbonyl (C=O) groups excluding carboxylic acids is 4. The Morgan fingerprint density at radius 3 is 2.31 bits per heavy atom. The average molecular weight is 478 g/mol. The zero-order valence-electron chi connectivity index (χ0n) is 19.9. The summed E-state index contributed by atoms with van der Waals surface area (Å²) in [5, 5.41) is 2.80. The lowest BCUT2D eigenvalue weighted by atomic mass is 10.0. The van der Waals surface area contributed by atoms with Crippen LogP contribution >= 0.6 is 0 Å². The highest BCUT2D eigenvalue weighted by molar-refractivity contribution is 6.38. The van der Waals surface area contributed by atoms with Gasteiger partial charge in [0.1, 0.15) is 18.3 Å². The summed E-state index contributed by atoms with van der Waals surface area (Å²) in [4.78, 5) is 55.1. The van der Waals surface area contributed by atoms with E-state index in [0.29, 0.717) is 26.0 Å². The standard InChI is InChI=1S/C27H31N3O5/c1-29(24-13-8-16-35-24)27(34)25(32)21(17-19-9-4-2-5-10-19)28-26(33)22-14-15-23(31)30(22)18-20-11-6-3-7-12-20/h2-7,9-12,21-22,24H,8,13-18H2,1H3,(H,28,33)/t21?,22?,24-/m0/s1. The van der Waals surface area contributed by atoms with Crippen molar-refractivity contribution in [3.63, 3.8) is 0 Å². The van der Waals surface area contributed by atoms with Crippen molar-refractivity contribution < 1.29 is 23.9 Å². The molecule has 0 spiro atoms. The third-order valence-corrected chi connectivity index (χ3v) is 6.61. The molecule has 4 rings (SSSR count). The van der Waals surface area contributed by atoms with Gasteiger partial charge in [0.15, 0.2) is 0 Å². The van der Waals surface area contributed by atoms with Crippen molar-refractivity contribution in [3.8, 4) is 0 Å². The second-order valence-electron chi connectivity index (χ2n) is 9.06. The van der Waals surface area contributed by atoms with Crippen LogP contribution in [0, 0.1) is 0 Å². The molecule has 2 aromatic carbocycles. The SMILES string of the molecule is CN(C(=O)C(=O)C(Cc1ccccc1)NC(=O)C1CCC(=O)N1Cc1ccccc1)[C@@H]1CCCO1. The van der Waals surface area contributed by atoms with E-state index in [-0.39, 0.29) is 18.7 Å². The molecule has 8 heteroatoms. The van der Waals surface area contributed by atoms with E-state index in [1.54, 1.807) is 11.9 Å². The summed E-state index contributed by atoms with van der Waals surface area (Å²) >= 11 is 0. The molecule has 0 saturated carbocycles. The Labute approximate surface area is 205 Å². The minimum atomic E-state index is -1.05. The van der Waals surface area contributed by atoms with Gasteiger partial charge in [-0.15, -0.1) is 0 Å². The summed E-state index contributed by atoms with van der Waals surface area (Å²) in [7, 11) is 1.55. The molecule has 2 fully saturated rings. The molecule has 0 bridgehead atoms. The van der Waals surface area contributed by atoms with E-state index < -0.39 is 35.9 Å². The molecule has 3 atom stereocenters. The van der Waals surface area contributed by atoms with Crippen molar-refractivity contribution in [2.24, 2.45) is 0 Å². The zero-order chi connectivity index (χ0) is 24.8. The number of benzene rings is 2. The van der Waals surface area contributed by atoms with Crippen molar-refractivity contribution in [1.82, 2.24) is 15.1 Å². The van der Waals surface area contributed by atoms with E-state index in [2.05, 4.69) is 5.32 Å². The Kier molecular flexibility index (Phi) is 7.92. The fourth-order valence-electron chi connectivity index (χ4n) is 4.63. The third-order valence-electron chi connectivity index (χ3n) is 6.61. The Bertz CT molecular complexity index is 1050. The smallest absolute Gasteiger partial charge is 0.293 e. The molecule has 2 aromatic rings. The predicted molar refractivity (Wildman–Crippen MR) is 129 cm³/mol. The predicted octanol–water partition coefficient (Wildman–Crippen LogP) is 2.07. The molecule has 0 aliphatic carbocycles. The fourth-order valence-corrected chi connectivity index (χ4v) is 4.63. The number of ether oxygens (including phenoxy) is 1. The first-order valence-electron chi connectivity index (χ1n) is 12.0. The molecule has 1 N–H and O–H groups in total. The molecule has 2 heterocycles. The van der Waals surface area contributed by atoms with E-state index in [1.807, 2.05) is 60.7 Å². The highest BCUT2D eigenvalue weighted by Gasteiger charge is 2.39. The molecular weight excluding hydrogens is 446 g/mol. The minimum Gasteiger partial charge on any atom is -0.358 e. The van der Waals surface area contributed by atoms with E-state index >= 15 is 0 Å². The second kappa shape index (κ2) is 11.3. The molecule has 8 nitrogen and oxygen atoms in total. The van der Waals surface area contributed by atoms with Crippen LogP contribution in [0.5, 0.6) is 0 Å². The first-order valence-corrected chi connectivity index (χ1v) is 12.0. The quantitative estimate of drug-likeness (QED) is 0.558. The van der Waals surface area contributed by atoms with Crippen LogP contribution in [-0.4, -0.2) is 65.3 Å². The van der Waals surface area contributed by atoms with Crippen LogP contribution in [-0.2, 0) is 36.9 Å². The first kappa shape index (κ1) is 24.6. The summed E-state index contributed by atoms with van der Waals surface area (Å²) in [5.74, 6) is -1.91. The highest BCUT2D eigenvalue weighted by atomic mass is 16.5. The molecule has 2 aliphatic heterocycles. The molecule has 0 aromatic heterocycles. The van der Waals surface area contributed by atoms with E-state index in [0.717, 1.165) is 17.5 Å². The Morgan fingerprint density at radius 1 is 1.03 bits per heavy atom. The van der Waals surface area contributed by atoms with Gasteiger partial charge in [-0.2, -0.15) is 0 Å². The van der Waals surface area contributed by atoms with Crippen LogP contribution in [0.4, 0.5) is 0 Å². The van der Waals surface area contributed by atoms with Crippen molar-refractivity contribution >= 4 is 23.5 Å². The van der Waals surface area contributed by atoms with Gasteiger partial charge < -0.3 is 19.9 Å². The number of hydrogen-bond acceptors (Lipinski definition) is 5. The number of nitrogens with zero attached hydrogens (tertiary/aromatic N) is 2. The van der Waals surface area contributed by atoms with Crippen LogP contribution in [0.1, 0.15) is 36.8 Å². The zero-order valence-corrected chi connectivity index (χ0v) is 19.9. The van der Waals surface area contributed by atoms with Crippen LogP contribution in [0.3, 0.4) is 0 Å². The van der Waals surface area contributed by atoms with Crippen LogP contribution < -0.4 is 5.32 Å². The summed E-state index contributed by atoms with van der Waals surface area (Å²) < 4.78 is 5.55. The monoisotopic (exact) mass is 477 g/mol. The van der Waals surface area contributed by atoms with Gasteiger partial charge in [0.25, 0.3) is 5.91 Å². The van der Waals surface area contributed by atoms with Crippen LogP contribution in [0.15, 0.2) is 60.7 Å². The maximum absolute atomic E-state index is 13.3. The number of Topliss-reactive ketones (excluding diaryl/α,β-unsaturated/α-hetero) is 1. The number of ketones is 1. The van der Waals surface area contributed by atoms with Crippen LogP contribution in [0.2, 0.25) is 0 Å². The van der Waals surface area contributed by atoms with Gasteiger partial charge in [-0.1, -0.05) is 60.7 Å². The second-order valence-corrected chi connectivity index (χ2v) is 9.06. The lowest BCUT2D eigenvalue weighted by Gasteiger charge is -2.28. The topological polar surface area (TPSA) is 96.0 Å². The van der Waals surface area contributed by atoms with E-state index in [9.17, 15) is 19.2 Å². The lowest BCUT2D eigenvalue weighted by Crippen LogP contribution is -2.54. The average Bonchev–Trinajstić information content (AvgIpc) is 3.54. The van der Waals surface area contributed by atoms with E-state index in [4.69, 9.17) is 4.74 Å². The first-order chi connectivity index (χ1) is 16.9. The number of likely N-dealkylation sites (N-methyl/N-ethyl adjacent to an activating group) is 1. The maximum Gasteiger partial charge on any atom is 0.293 e. The van der Waals surface area contributed by atoms with Crippen molar-refractivity contribution in [1.29, 1.82) is 0 Å².